The second-order valence-electron chi connectivity index (χ2n) is 5.34. The molecule has 1 aliphatic carbocycles. The molecule has 0 unspecified atom stereocenters. The van der Waals surface area contributed by atoms with Crippen LogP contribution in [0.15, 0.2) is 18.2 Å². The van der Waals surface area contributed by atoms with Crippen LogP contribution in [0.4, 0.5) is 10.1 Å². The van der Waals surface area contributed by atoms with Gasteiger partial charge in [0.15, 0.2) is 0 Å². The number of aliphatic carboxylic acids is 1. The van der Waals surface area contributed by atoms with Gasteiger partial charge in [0.1, 0.15) is 5.82 Å². The molecule has 0 heterocycles. The smallest absolute Gasteiger partial charge is 0.306 e. The Bertz CT molecular complexity index is 522. The Hall–Kier alpha value is -1.91. The minimum Gasteiger partial charge on any atom is -0.481 e. The Kier molecular flexibility index (Phi) is 4.37. The van der Waals surface area contributed by atoms with E-state index in [0.29, 0.717) is 31.4 Å². The first-order valence-corrected chi connectivity index (χ1v) is 6.77. The molecule has 0 radical (unpaired) electrons. The first kappa shape index (κ1) is 14.5. The number of aryl methyl sites for hydroxylation is 1. The van der Waals surface area contributed by atoms with Gasteiger partial charge in [-0.3, -0.25) is 9.59 Å². The first-order chi connectivity index (χ1) is 9.47. The Morgan fingerprint density at radius 1 is 1.20 bits per heavy atom. The number of carboxylic acid groups (broad SMARTS) is 1. The van der Waals surface area contributed by atoms with Crippen molar-refractivity contribution < 1.29 is 19.1 Å². The molecule has 4 nitrogen and oxygen atoms in total. The largest absolute Gasteiger partial charge is 0.481 e. The summed E-state index contributed by atoms with van der Waals surface area (Å²) in [7, 11) is 0. The van der Waals surface area contributed by atoms with Gasteiger partial charge in [0.2, 0.25) is 5.91 Å². The number of amides is 1. The van der Waals surface area contributed by atoms with E-state index in [4.69, 9.17) is 5.11 Å². The van der Waals surface area contributed by atoms with Crippen molar-refractivity contribution in [3.63, 3.8) is 0 Å². The van der Waals surface area contributed by atoms with E-state index in [1.165, 1.54) is 12.1 Å². The zero-order valence-electron chi connectivity index (χ0n) is 11.4. The lowest BCUT2D eigenvalue weighted by atomic mass is 9.81. The highest BCUT2D eigenvalue weighted by atomic mass is 19.1. The monoisotopic (exact) mass is 279 g/mol. The van der Waals surface area contributed by atoms with Crippen LogP contribution in [0, 0.1) is 24.6 Å². The van der Waals surface area contributed by atoms with E-state index in [2.05, 4.69) is 5.32 Å². The average molecular weight is 279 g/mol. The third-order valence-electron chi connectivity index (χ3n) is 3.90. The molecule has 0 aromatic heterocycles. The maximum Gasteiger partial charge on any atom is 0.306 e. The molecular formula is C15H18FNO3. The number of hydrogen-bond acceptors (Lipinski definition) is 2. The van der Waals surface area contributed by atoms with E-state index in [1.807, 2.05) is 0 Å². The van der Waals surface area contributed by atoms with Crippen molar-refractivity contribution in [1.29, 1.82) is 0 Å². The second kappa shape index (κ2) is 6.03. The lowest BCUT2D eigenvalue weighted by Crippen LogP contribution is -2.29. The molecule has 1 fully saturated rings. The van der Waals surface area contributed by atoms with Crippen LogP contribution in [-0.4, -0.2) is 17.0 Å². The van der Waals surface area contributed by atoms with E-state index < -0.39 is 5.97 Å². The highest BCUT2D eigenvalue weighted by Gasteiger charge is 2.29. The summed E-state index contributed by atoms with van der Waals surface area (Å²) in [5, 5.41) is 11.7. The van der Waals surface area contributed by atoms with Gasteiger partial charge in [-0.1, -0.05) is 6.07 Å². The molecule has 0 bridgehead atoms. The van der Waals surface area contributed by atoms with Crippen molar-refractivity contribution >= 4 is 17.6 Å². The molecule has 1 amide bonds. The molecule has 2 rings (SSSR count). The normalized spacial score (nSPS) is 22.3. The molecule has 1 aliphatic rings. The van der Waals surface area contributed by atoms with Crippen molar-refractivity contribution in [2.24, 2.45) is 11.8 Å². The van der Waals surface area contributed by atoms with Gasteiger partial charge in [0.25, 0.3) is 0 Å². The zero-order valence-corrected chi connectivity index (χ0v) is 11.4. The molecule has 1 aromatic rings. The third kappa shape index (κ3) is 3.35. The number of hydrogen-bond donors (Lipinski definition) is 2. The zero-order chi connectivity index (χ0) is 14.7. The highest BCUT2D eigenvalue weighted by molar-refractivity contribution is 5.93. The first-order valence-electron chi connectivity index (χ1n) is 6.77. The van der Waals surface area contributed by atoms with E-state index in [1.54, 1.807) is 13.0 Å². The fraction of sp³-hybridized carbons (Fsp3) is 0.467. The van der Waals surface area contributed by atoms with Crippen LogP contribution in [-0.2, 0) is 9.59 Å². The third-order valence-corrected chi connectivity index (χ3v) is 3.90. The summed E-state index contributed by atoms with van der Waals surface area (Å²) in [6, 6.07) is 4.27. The molecule has 0 atom stereocenters. The summed E-state index contributed by atoms with van der Waals surface area (Å²) < 4.78 is 13.2. The molecule has 20 heavy (non-hydrogen) atoms. The average Bonchev–Trinajstić information content (AvgIpc) is 2.43. The second-order valence-corrected chi connectivity index (χ2v) is 5.34. The van der Waals surface area contributed by atoms with Crippen LogP contribution in [0.5, 0.6) is 0 Å². The molecule has 1 saturated carbocycles. The number of rotatable bonds is 3. The SMILES string of the molecule is Cc1ccc(F)cc1NC(=O)C1CCC(C(=O)O)CC1. The van der Waals surface area contributed by atoms with Gasteiger partial charge in [-0.15, -0.1) is 0 Å². The van der Waals surface area contributed by atoms with Crippen molar-refractivity contribution in [2.45, 2.75) is 32.6 Å². The Labute approximate surface area is 117 Å². The minimum atomic E-state index is -0.787. The lowest BCUT2D eigenvalue weighted by molar-refractivity contribution is -0.143. The van der Waals surface area contributed by atoms with Gasteiger partial charge >= 0.3 is 5.97 Å². The Morgan fingerprint density at radius 2 is 1.80 bits per heavy atom. The number of halogens is 1. The minimum absolute atomic E-state index is 0.150. The van der Waals surface area contributed by atoms with Crippen LogP contribution in [0.2, 0.25) is 0 Å². The summed E-state index contributed by atoms with van der Waals surface area (Å²) in [4.78, 5) is 23.0. The van der Waals surface area contributed by atoms with Crippen molar-refractivity contribution in [3.8, 4) is 0 Å². The Morgan fingerprint density at radius 3 is 2.40 bits per heavy atom. The van der Waals surface area contributed by atoms with Crippen molar-refractivity contribution in [1.82, 2.24) is 0 Å². The molecule has 0 spiro atoms. The van der Waals surface area contributed by atoms with Gasteiger partial charge in [0, 0.05) is 11.6 Å². The Balaban J connectivity index is 1.96. The van der Waals surface area contributed by atoms with Crippen LogP contribution in [0.1, 0.15) is 31.2 Å². The van der Waals surface area contributed by atoms with Crippen molar-refractivity contribution in [2.75, 3.05) is 5.32 Å². The number of carbonyl (C=O) groups excluding carboxylic acids is 1. The van der Waals surface area contributed by atoms with Gasteiger partial charge in [-0.25, -0.2) is 4.39 Å². The van der Waals surface area contributed by atoms with Crippen LogP contribution >= 0.6 is 0 Å². The molecule has 5 heteroatoms. The van der Waals surface area contributed by atoms with Gasteiger partial charge in [-0.05, 0) is 50.3 Å². The lowest BCUT2D eigenvalue weighted by Gasteiger charge is -2.25. The predicted octanol–water partition coefficient (Wildman–Crippen LogP) is 2.96. The number of carbonyl (C=O) groups is 2. The number of nitrogens with one attached hydrogen (secondary N) is 1. The van der Waals surface area contributed by atoms with Gasteiger partial charge in [-0.2, -0.15) is 0 Å². The number of benzene rings is 1. The fourth-order valence-electron chi connectivity index (χ4n) is 2.57. The standard InChI is InChI=1S/C15H18FNO3/c1-9-2-7-12(16)8-13(9)17-14(18)10-3-5-11(6-4-10)15(19)20/h2,7-8,10-11H,3-6H2,1H3,(H,17,18)(H,19,20). The van der Waals surface area contributed by atoms with E-state index in [9.17, 15) is 14.0 Å². The fourth-order valence-corrected chi connectivity index (χ4v) is 2.57. The molecule has 0 saturated heterocycles. The van der Waals surface area contributed by atoms with Crippen LogP contribution in [0.25, 0.3) is 0 Å². The molecule has 2 N–H and O–H groups in total. The van der Waals surface area contributed by atoms with Gasteiger partial charge < -0.3 is 10.4 Å². The van der Waals surface area contributed by atoms with Crippen molar-refractivity contribution in [3.05, 3.63) is 29.6 Å². The quantitative estimate of drug-likeness (QED) is 0.894. The van der Waals surface area contributed by atoms with Gasteiger partial charge in [0.05, 0.1) is 5.92 Å². The summed E-state index contributed by atoms with van der Waals surface area (Å²) in [5.41, 5.74) is 1.29. The maximum atomic E-state index is 13.2. The maximum absolute atomic E-state index is 13.2. The summed E-state index contributed by atoms with van der Waals surface area (Å²) >= 11 is 0. The molecular weight excluding hydrogens is 261 g/mol. The molecule has 1 aromatic carbocycles. The van der Waals surface area contributed by atoms with E-state index in [-0.39, 0.29) is 23.6 Å². The summed E-state index contributed by atoms with van der Waals surface area (Å²) in [5.74, 6) is -1.85. The molecule has 0 aliphatic heterocycles. The summed E-state index contributed by atoms with van der Waals surface area (Å²) in [6.45, 7) is 1.80. The number of carboxylic acids is 1. The molecule has 108 valence electrons. The topological polar surface area (TPSA) is 66.4 Å². The van der Waals surface area contributed by atoms with E-state index >= 15 is 0 Å². The summed E-state index contributed by atoms with van der Waals surface area (Å²) in [6.07, 6.45) is 2.18. The van der Waals surface area contributed by atoms with Crippen LogP contribution in [0.3, 0.4) is 0 Å². The highest BCUT2D eigenvalue weighted by Crippen LogP contribution is 2.30. The predicted molar refractivity (Wildman–Crippen MR) is 72.9 cm³/mol. The van der Waals surface area contributed by atoms with Crippen LogP contribution < -0.4 is 5.32 Å². The van der Waals surface area contributed by atoms with E-state index in [0.717, 1.165) is 5.56 Å². The number of anilines is 1.